The molecule has 0 bridgehead atoms. The Hall–Kier alpha value is -1.99. The van der Waals surface area contributed by atoms with Crippen molar-refractivity contribution in [3.8, 4) is 5.69 Å². The fourth-order valence-electron chi connectivity index (χ4n) is 1.76. The van der Waals surface area contributed by atoms with Gasteiger partial charge in [0.1, 0.15) is 5.82 Å². The molecule has 3 aromatic rings. The van der Waals surface area contributed by atoms with E-state index in [2.05, 4.69) is 20.2 Å². The van der Waals surface area contributed by atoms with E-state index in [1.54, 1.807) is 18.5 Å². The van der Waals surface area contributed by atoms with Crippen molar-refractivity contribution in [1.82, 2.24) is 24.7 Å². The van der Waals surface area contributed by atoms with Crippen molar-refractivity contribution >= 4 is 24.0 Å². The van der Waals surface area contributed by atoms with E-state index in [-0.39, 0.29) is 0 Å². The van der Waals surface area contributed by atoms with E-state index in [4.69, 9.17) is 12.2 Å². The van der Waals surface area contributed by atoms with Gasteiger partial charge in [0, 0.05) is 18.1 Å². The number of nitrogens with one attached hydrogen (secondary N) is 1. The number of nitrogens with zero attached hydrogens (tertiary/aromatic N) is 4. The summed E-state index contributed by atoms with van der Waals surface area (Å²) < 4.78 is 2.51. The third-order valence-electron chi connectivity index (χ3n) is 2.63. The van der Waals surface area contributed by atoms with Gasteiger partial charge in [0.25, 0.3) is 0 Å². The first-order valence-electron chi connectivity index (χ1n) is 5.96. The van der Waals surface area contributed by atoms with Gasteiger partial charge in [-0.1, -0.05) is 30.0 Å². The van der Waals surface area contributed by atoms with Crippen LogP contribution in [0.3, 0.4) is 0 Å². The lowest BCUT2D eigenvalue weighted by Gasteiger charge is -2.05. The van der Waals surface area contributed by atoms with Crippen molar-refractivity contribution in [2.75, 3.05) is 0 Å². The highest BCUT2D eigenvalue weighted by atomic mass is 32.2. The summed E-state index contributed by atoms with van der Waals surface area (Å²) in [5, 5.41) is 7.83. The molecule has 2 aromatic heterocycles. The molecule has 0 aliphatic carbocycles. The molecule has 0 amide bonds. The van der Waals surface area contributed by atoms with Gasteiger partial charge in [-0.25, -0.2) is 9.97 Å². The number of aromatic nitrogens is 5. The Balaban J connectivity index is 1.87. The normalized spacial score (nSPS) is 10.6. The van der Waals surface area contributed by atoms with Crippen molar-refractivity contribution in [3.05, 3.63) is 59.4 Å². The van der Waals surface area contributed by atoms with Gasteiger partial charge in [-0.15, -0.1) is 0 Å². The molecule has 0 aliphatic rings. The van der Waals surface area contributed by atoms with Crippen molar-refractivity contribution in [2.24, 2.45) is 0 Å². The van der Waals surface area contributed by atoms with E-state index < -0.39 is 0 Å². The number of rotatable bonds is 4. The molecule has 0 aliphatic heterocycles. The second-order valence-corrected chi connectivity index (χ2v) is 5.27. The minimum Gasteiger partial charge on any atom is -0.271 e. The van der Waals surface area contributed by atoms with Crippen LogP contribution in [0.4, 0.5) is 0 Å². The highest BCUT2D eigenvalue weighted by Gasteiger charge is 2.09. The first-order valence-corrected chi connectivity index (χ1v) is 7.35. The van der Waals surface area contributed by atoms with Crippen LogP contribution in [-0.2, 0) is 5.75 Å². The number of thioether (sulfide) groups is 1. The van der Waals surface area contributed by atoms with E-state index in [1.807, 2.05) is 34.9 Å². The van der Waals surface area contributed by atoms with Crippen LogP contribution >= 0.6 is 24.0 Å². The van der Waals surface area contributed by atoms with E-state index in [9.17, 15) is 0 Å². The van der Waals surface area contributed by atoms with Crippen LogP contribution in [0.15, 0.2) is 53.9 Å². The molecule has 7 heteroatoms. The molecule has 5 nitrogen and oxygen atoms in total. The lowest BCUT2D eigenvalue weighted by molar-refractivity contribution is 0.932. The lowest BCUT2D eigenvalue weighted by atomic mass is 10.3. The van der Waals surface area contributed by atoms with Crippen LogP contribution in [-0.4, -0.2) is 24.7 Å². The number of para-hydroxylation sites is 1. The van der Waals surface area contributed by atoms with Crippen LogP contribution in [0, 0.1) is 4.77 Å². The molecular weight excluding hydrogens is 290 g/mol. The molecule has 3 rings (SSSR count). The van der Waals surface area contributed by atoms with Crippen molar-refractivity contribution in [1.29, 1.82) is 0 Å². The van der Waals surface area contributed by atoms with Gasteiger partial charge in [-0.2, -0.15) is 5.10 Å². The zero-order valence-corrected chi connectivity index (χ0v) is 12.1. The first-order chi connectivity index (χ1) is 9.84. The molecule has 0 saturated heterocycles. The maximum absolute atomic E-state index is 5.29. The predicted molar refractivity (Wildman–Crippen MR) is 80.3 cm³/mol. The maximum Gasteiger partial charge on any atom is 0.199 e. The Morgan fingerprint density at radius 1 is 1.10 bits per heavy atom. The smallest absolute Gasteiger partial charge is 0.199 e. The van der Waals surface area contributed by atoms with Crippen molar-refractivity contribution in [2.45, 2.75) is 10.9 Å². The molecule has 100 valence electrons. The molecule has 0 fully saturated rings. The van der Waals surface area contributed by atoms with Gasteiger partial charge in [0.2, 0.25) is 0 Å². The zero-order chi connectivity index (χ0) is 13.8. The van der Waals surface area contributed by atoms with Gasteiger partial charge >= 0.3 is 0 Å². The fraction of sp³-hybridized carbons (Fsp3) is 0.0769. The monoisotopic (exact) mass is 301 g/mol. The summed E-state index contributed by atoms with van der Waals surface area (Å²) in [5.74, 6) is 1.49. The molecule has 0 spiro atoms. The largest absolute Gasteiger partial charge is 0.271 e. The number of H-pyrrole nitrogens is 1. The van der Waals surface area contributed by atoms with Gasteiger partial charge in [0.05, 0.1) is 5.75 Å². The second kappa shape index (κ2) is 5.98. The van der Waals surface area contributed by atoms with Crippen LogP contribution < -0.4 is 0 Å². The van der Waals surface area contributed by atoms with Gasteiger partial charge in [-0.05, 0) is 30.4 Å². The van der Waals surface area contributed by atoms with Crippen molar-refractivity contribution < 1.29 is 0 Å². The van der Waals surface area contributed by atoms with Gasteiger partial charge in [-0.3, -0.25) is 9.67 Å². The standard InChI is InChI=1S/C13H11N5S2/c19-13-17-16-11(9-20-12-14-7-4-8-15-12)18(13)10-5-2-1-3-6-10/h1-8H,9H2,(H,17,19). The summed E-state index contributed by atoms with van der Waals surface area (Å²) in [5.41, 5.74) is 0.996. The summed E-state index contributed by atoms with van der Waals surface area (Å²) in [6.45, 7) is 0. The highest BCUT2D eigenvalue weighted by molar-refractivity contribution is 7.98. The predicted octanol–water partition coefficient (Wildman–Crippen LogP) is 3.01. The minimum absolute atomic E-state index is 0.584. The van der Waals surface area contributed by atoms with Crippen LogP contribution in [0.25, 0.3) is 5.69 Å². The van der Waals surface area contributed by atoms with E-state index in [0.717, 1.165) is 16.7 Å². The Labute approximate surface area is 125 Å². The van der Waals surface area contributed by atoms with Gasteiger partial charge < -0.3 is 0 Å². The summed E-state index contributed by atoms with van der Waals surface area (Å²) in [6.07, 6.45) is 3.45. The lowest BCUT2D eigenvalue weighted by Crippen LogP contribution is -2.00. The number of hydrogen-bond acceptors (Lipinski definition) is 5. The van der Waals surface area contributed by atoms with Gasteiger partial charge in [0.15, 0.2) is 9.93 Å². The number of aromatic amines is 1. The molecule has 0 atom stereocenters. The summed E-state index contributed by atoms with van der Waals surface area (Å²) in [7, 11) is 0. The molecule has 0 radical (unpaired) electrons. The van der Waals surface area contributed by atoms with E-state index in [1.165, 1.54) is 11.8 Å². The maximum atomic E-state index is 5.29. The Morgan fingerprint density at radius 2 is 1.85 bits per heavy atom. The third kappa shape index (κ3) is 2.78. The average Bonchev–Trinajstić information content (AvgIpc) is 2.88. The van der Waals surface area contributed by atoms with Crippen LogP contribution in [0.5, 0.6) is 0 Å². The Bertz CT molecular complexity index is 736. The summed E-state index contributed by atoms with van der Waals surface area (Å²) in [4.78, 5) is 8.36. The SMILES string of the molecule is S=c1[nH]nc(CSc2ncccn2)n1-c1ccccc1. The molecule has 0 unspecified atom stereocenters. The third-order valence-corrected chi connectivity index (χ3v) is 3.77. The van der Waals surface area contributed by atoms with Crippen molar-refractivity contribution in [3.63, 3.8) is 0 Å². The van der Waals surface area contributed by atoms with E-state index in [0.29, 0.717) is 10.5 Å². The fourth-order valence-corrected chi connectivity index (χ4v) is 2.74. The molecule has 1 N–H and O–H groups in total. The molecule has 2 heterocycles. The average molecular weight is 301 g/mol. The quantitative estimate of drug-likeness (QED) is 0.456. The van der Waals surface area contributed by atoms with Crippen LogP contribution in [0.1, 0.15) is 5.82 Å². The molecular formula is C13H11N5S2. The zero-order valence-electron chi connectivity index (χ0n) is 10.4. The minimum atomic E-state index is 0.584. The summed E-state index contributed by atoms with van der Waals surface area (Å²) >= 11 is 6.81. The highest BCUT2D eigenvalue weighted by Crippen LogP contribution is 2.19. The number of benzene rings is 1. The first kappa shape index (κ1) is 13.0. The Morgan fingerprint density at radius 3 is 2.60 bits per heavy atom. The second-order valence-electron chi connectivity index (χ2n) is 3.94. The molecule has 1 aromatic carbocycles. The Kier molecular flexibility index (Phi) is 3.89. The van der Waals surface area contributed by atoms with Crippen LogP contribution in [0.2, 0.25) is 0 Å². The summed E-state index contributed by atoms with van der Waals surface area (Å²) in [6, 6.07) is 11.7. The number of hydrogen-bond donors (Lipinski definition) is 1. The topological polar surface area (TPSA) is 59.4 Å². The molecule has 20 heavy (non-hydrogen) atoms. The van der Waals surface area contributed by atoms with E-state index >= 15 is 0 Å². The molecule has 0 saturated carbocycles.